The normalized spacial score (nSPS) is 12.9. The summed E-state index contributed by atoms with van der Waals surface area (Å²) >= 11 is 0. The van der Waals surface area contributed by atoms with E-state index in [0.29, 0.717) is 17.5 Å². The minimum atomic E-state index is -1.14. The monoisotopic (exact) mass is 562 g/mol. The van der Waals surface area contributed by atoms with E-state index >= 15 is 0 Å². The lowest BCUT2D eigenvalue weighted by molar-refractivity contribution is -0.143. The van der Waals surface area contributed by atoms with Crippen LogP contribution in [0.15, 0.2) is 18.2 Å². The van der Waals surface area contributed by atoms with Crippen molar-refractivity contribution in [2.75, 3.05) is 6.54 Å². The van der Waals surface area contributed by atoms with Crippen LogP contribution in [-0.2, 0) is 19.1 Å². The molecule has 0 aromatic heterocycles. The van der Waals surface area contributed by atoms with Gasteiger partial charge in [-0.3, -0.25) is 14.4 Å². The summed E-state index contributed by atoms with van der Waals surface area (Å²) in [5.41, 5.74) is 5.66. The SMILES string of the molecule is CCCCCCCCN(C(=O)C(CCC(N)=O)NC(=O)OC(C)(C)C)C(C(=O)NC(C)C)c1ccc(O)c(C)c1. The lowest BCUT2D eigenvalue weighted by atomic mass is 9.98. The molecule has 0 saturated carbocycles. The molecule has 0 aliphatic rings. The Morgan fingerprint density at radius 2 is 1.65 bits per heavy atom. The van der Waals surface area contributed by atoms with Crippen LogP contribution in [0.3, 0.4) is 0 Å². The van der Waals surface area contributed by atoms with Crippen molar-refractivity contribution in [3.63, 3.8) is 0 Å². The number of rotatable bonds is 16. The zero-order chi connectivity index (χ0) is 30.5. The van der Waals surface area contributed by atoms with Gasteiger partial charge in [0.15, 0.2) is 0 Å². The van der Waals surface area contributed by atoms with E-state index in [1.54, 1.807) is 39.8 Å². The zero-order valence-corrected chi connectivity index (χ0v) is 25.3. The highest BCUT2D eigenvalue weighted by atomic mass is 16.6. The standard InChI is InChI=1S/C30H50N4O6/c1-8-9-10-11-12-13-18-34(26(27(37)32-20(2)3)22-14-16-24(35)21(4)19-22)28(38)23(15-17-25(31)36)33-29(39)40-30(5,6)7/h14,16,19-20,23,26,35H,8-13,15,17-18H2,1-7H3,(H2,31,36)(H,32,37)(H,33,39). The summed E-state index contributed by atoms with van der Waals surface area (Å²) < 4.78 is 5.37. The summed E-state index contributed by atoms with van der Waals surface area (Å²) in [7, 11) is 0. The number of hydrogen-bond acceptors (Lipinski definition) is 6. The molecule has 0 aliphatic heterocycles. The van der Waals surface area contributed by atoms with E-state index in [-0.39, 0.29) is 37.1 Å². The number of alkyl carbamates (subject to hydrolysis) is 1. The molecule has 0 aliphatic carbocycles. The molecule has 10 heteroatoms. The number of aryl methyl sites for hydroxylation is 1. The molecule has 1 aromatic carbocycles. The molecular formula is C30H50N4O6. The molecule has 0 spiro atoms. The predicted molar refractivity (Wildman–Crippen MR) is 156 cm³/mol. The summed E-state index contributed by atoms with van der Waals surface area (Å²) in [6.45, 7) is 12.9. The Balaban J connectivity index is 3.50. The van der Waals surface area contributed by atoms with Crippen molar-refractivity contribution in [3.05, 3.63) is 29.3 Å². The van der Waals surface area contributed by atoms with Crippen LogP contribution in [0.2, 0.25) is 0 Å². The van der Waals surface area contributed by atoms with Gasteiger partial charge in [0.25, 0.3) is 0 Å². The van der Waals surface area contributed by atoms with Gasteiger partial charge in [-0.25, -0.2) is 4.79 Å². The van der Waals surface area contributed by atoms with E-state index in [1.807, 2.05) is 13.8 Å². The third-order valence-electron chi connectivity index (χ3n) is 6.23. The fourth-order valence-corrected chi connectivity index (χ4v) is 4.31. The summed E-state index contributed by atoms with van der Waals surface area (Å²) in [5.74, 6) is -1.44. The summed E-state index contributed by atoms with van der Waals surface area (Å²) in [4.78, 5) is 53.5. The molecule has 2 unspecified atom stereocenters. The Bertz CT molecular complexity index is 989. The van der Waals surface area contributed by atoms with Crippen LogP contribution in [0.5, 0.6) is 5.75 Å². The molecular weight excluding hydrogens is 512 g/mol. The first-order valence-corrected chi connectivity index (χ1v) is 14.3. The van der Waals surface area contributed by atoms with Crippen molar-refractivity contribution in [1.82, 2.24) is 15.5 Å². The molecule has 0 saturated heterocycles. The van der Waals surface area contributed by atoms with Crippen LogP contribution < -0.4 is 16.4 Å². The number of aromatic hydroxyl groups is 1. The van der Waals surface area contributed by atoms with Crippen molar-refractivity contribution in [2.24, 2.45) is 5.73 Å². The van der Waals surface area contributed by atoms with Crippen LogP contribution in [-0.4, -0.2) is 58.1 Å². The van der Waals surface area contributed by atoms with Crippen LogP contribution in [0.1, 0.15) is 110 Å². The fourth-order valence-electron chi connectivity index (χ4n) is 4.31. The lowest BCUT2D eigenvalue weighted by Gasteiger charge is -2.35. The highest BCUT2D eigenvalue weighted by Crippen LogP contribution is 2.28. The predicted octanol–water partition coefficient (Wildman–Crippen LogP) is 4.61. The minimum Gasteiger partial charge on any atom is -0.508 e. The Morgan fingerprint density at radius 3 is 2.20 bits per heavy atom. The number of ether oxygens (including phenoxy) is 1. The smallest absolute Gasteiger partial charge is 0.408 e. The van der Waals surface area contributed by atoms with Crippen molar-refractivity contribution in [3.8, 4) is 5.75 Å². The number of benzene rings is 1. The average Bonchev–Trinajstić information content (AvgIpc) is 2.83. The number of nitrogens with one attached hydrogen (secondary N) is 2. The quantitative estimate of drug-likeness (QED) is 0.216. The maximum atomic E-state index is 14.2. The molecule has 226 valence electrons. The summed E-state index contributed by atoms with van der Waals surface area (Å²) in [5, 5.41) is 15.6. The molecule has 1 rings (SSSR count). The number of phenols is 1. The van der Waals surface area contributed by atoms with Gasteiger partial charge in [0, 0.05) is 19.0 Å². The number of nitrogens with two attached hydrogens (primary N) is 1. The largest absolute Gasteiger partial charge is 0.508 e. The van der Waals surface area contributed by atoms with Gasteiger partial charge in [0.05, 0.1) is 0 Å². The van der Waals surface area contributed by atoms with E-state index in [0.717, 1.165) is 32.1 Å². The summed E-state index contributed by atoms with van der Waals surface area (Å²) in [6.07, 6.45) is 4.84. The van der Waals surface area contributed by atoms with Gasteiger partial charge in [-0.05, 0) is 77.6 Å². The molecule has 40 heavy (non-hydrogen) atoms. The number of nitrogens with zero attached hydrogens (tertiary/aromatic N) is 1. The Hall–Kier alpha value is -3.30. The van der Waals surface area contributed by atoms with Crippen LogP contribution >= 0.6 is 0 Å². The van der Waals surface area contributed by atoms with E-state index in [1.165, 1.54) is 11.0 Å². The molecule has 0 fully saturated rings. The summed E-state index contributed by atoms with van der Waals surface area (Å²) in [6, 6.07) is 2.44. The van der Waals surface area contributed by atoms with E-state index < -0.39 is 35.6 Å². The Morgan fingerprint density at radius 1 is 1.02 bits per heavy atom. The number of carbonyl (C=O) groups excluding carboxylic acids is 4. The molecule has 0 radical (unpaired) electrons. The topological polar surface area (TPSA) is 151 Å². The molecule has 2 atom stereocenters. The maximum Gasteiger partial charge on any atom is 0.408 e. The first-order valence-electron chi connectivity index (χ1n) is 14.3. The highest BCUT2D eigenvalue weighted by Gasteiger charge is 2.36. The maximum absolute atomic E-state index is 14.2. The first-order chi connectivity index (χ1) is 18.7. The number of unbranched alkanes of at least 4 members (excludes halogenated alkanes) is 5. The van der Waals surface area contributed by atoms with Crippen LogP contribution in [0.4, 0.5) is 4.79 Å². The second-order valence-electron chi connectivity index (χ2n) is 11.6. The third-order valence-corrected chi connectivity index (χ3v) is 6.23. The first kappa shape index (κ1) is 34.7. The number of amides is 4. The Kier molecular flexibility index (Phi) is 14.5. The fraction of sp³-hybridized carbons (Fsp3) is 0.667. The van der Waals surface area contributed by atoms with Gasteiger partial charge in [0.1, 0.15) is 23.4 Å². The van der Waals surface area contributed by atoms with E-state index in [9.17, 15) is 24.3 Å². The van der Waals surface area contributed by atoms with Crippen LogP contribution in [0, 0.1) is 6.92 Å². The molecule has 0 heterocycles. The lowest BCUT2D eigenvalue weighted by Crippen LogP contribution is -2.54. The molecule has 1 aromatic rings. The zero-order valence-electron chi connectivity index (χ0n) is 25.3. The van der Waals surface area contributed by atoms with E-state index in [4.69, 9.17) is 10.5 Å². The van der Waals surface area contributed by atoms with Crippen molar-refractivity contribution in [2.45, 2.75) is 124 Å². The van der Waals surface area contributed by atoms with Gasteiger partial charge in [-0.15, -0.1) is 0 Å². The van der Waals surface area contributed by atoms with Gasteiger partial charge in [-0.1, -0.05) is 45.1 Å². The van der Waals surface area contributed by atoms with Gasteiger partial charge in [0.2, 0.25) is 17.7 Å². The number of hydrogen-bond donors (Lipinski definition) is 4. The second-order valence-corrected chi connectivity index (χ2v) is 11.6. The van der Waals surface area contributed by atoms with Crippen LogP contribution in [0.25, 0.3) is 0 Å². The van der Waals surface area contributed by atoms with Gasteiger partial charge >= 0.3 is 6.09 Å². The molecule has 5 N–H and O–H groups in total. The Labute approximate surface area is 239 Å². The molecule has 0 bridgehead atoms. The van der Waals surface area contributed by atoms with Gasteiger partial charge < -0.3 is 31.1 Å². The average molecular weight is 563 g/mol. The third kappa shape index (κ3) is 12.7. The highest BCUT2D eigenvalue weighted by molar-refractivity contribution is 5.92. The van der Waals surface area contributed by atoms with Crippen molar-refractivity contribution in [1.29, 1.82) is 0 Å². The van der Waals surface area contributed by atoms with Gasteiger partial charge in [-0.2, -0.15) is 0 Å². The van der Waals surface area contributed by atoms with Crippen molar-refractivity contribution >= 4 is 23.8 Å². The minimum absolute atomic E-state index is 0.0481. The second kappa shape index (κ2) is 16.7. The molecule has 10 nitrogen and oxygen atoms in total. The molecule has 4 amide bonds. The van der Waals surface area contributed by atoms with E-state index in [2.05, 4.69) is 17.6 Å². The number of carbonyl (C=O) groups is 4. The van der Waals surface area contributed by atoms with Crippen molar-refractivity contribution < 1.29 is 29.0 Å². The number of phenolic OH excluding ortho intramolecular Hbond substituents is 1. The number of primary amides is 1.